The van der Waals surface area contributed by atoms with Crippen LogP contribution in [0.15, 0.2) is 332 Å². The van der Waals surface area contributed by atoms with E-state index in [1.54, 1.807) is 0 Å². The zero-order chi connectivity index (χ0) is 105. The van der Waals surface area contributed by atoms with Crippen LogP contribution < -0.4 is 20.7 Å². The molecule has 0 aliphatic heterocycles. The number of benzene rings is 13. The maximum atomic E-state index is 11.3. The zero-order valence-corrected chi connectivity index (χ0v) is 44.8. The van der Waals surface area contributed by atoms with Crippen LogP contribution in [0, 0.1) is 0 Å². The van der Waals surface area contributed by atoms with Gasteiger partial charge in [0.15, 0.2) is 8.07 Å². The summed E-state index contributed by atoms with van der Waals surface area (Å²) >= 11 is 0. The molecule has 0 radical (unpaired) electrons. The van der Waals surface area contributed by atoms with E-state index in [4.69, 9.17) is 30.5 Å². The Labute approximate surface area is 586 Å². The van der Waals surface area contributed by atoms with Gasteiger partial charge in [0, 0.05) is 60.8 Å². The first-order valence-electron chi connectivity index (χ1n) is 52.7. The Morgan fingerprint density at radius 2 is 0.670 bits per heavy atom. The zero-order valence-electron chi connectivity index (χ0n) is 97.8. The molecule has 412 valence electrons. The van der Waals surface area contributed by atoms with Crippen molar-refractivity contribution in [3.05, 3.63) is 332 Å². The maximum absolute atomic E-state index is 11.3. The van der Waals surface area contributed by atoms with Crippen molar-refractivity contribution in [3.63, 3.8) is 0 Å². The van der Waals surface area contributed by atoms with Gasteiger partial charge in [-0.05, 0) is 79.3 Å². The molecule has 0 unspecified atom stereocenters. The molecule has 4 heterocycles. The molecular weight excluding hydrogens is 1080 g/mol. The minimum atomic E-state index is -7.30. The van der Waals surface area contributed by atoms with Crippen molar-refractivity contribution in [2.24, 2.45) is 0 Å². The summed E-state index contributed by atoms with van der Waals surface area (Å²) in [7, 11) is -7.30. The van der Waals surface area contributed by atoms with Crippen LogP contribution in [0.2, 0.25) is 0 Å². The fourth-order valence-corrected chi connectivity index (χ4v) is 14.2. The van der Waals surface area contributed by atoms with Gasteiger partial charge in [0.05, 0.1) is 113 Å². The van der Waals surface area contributed by atoms with E-state index in [-0.39, 0.29) is 0 Å². The summed E-state index contributed by atoms with van der Waals surface area (Å²) in [6.07, 6.45) is 0. The second-order valence-electron chi connectivity index (χ2n) is 18.7. The van der Waals surface area contributed by atoms with Crippen LogP contribution in [0.5, 0.6) is 0 Å². The number of nitrogens with zero attached hydrogens (tertiary/aromatic N) is 5. The summed E-state index contributed by atoms with van der Waals surface area (Å²) in [5, 5.41) is -11.8. The van der Waals surface area contributed by atoms with Crippen molar-refractivity contribution in [1.29, 1.82) is 0 Å². The highest BCUT2D eigenvalue weighted by Gasteiger charge is 2.42. The van der Waals surface area contributed by atoms with Crippen LogP contribution in [-0.2, 0) is 0 Å². The first-order valence-corrected chi connectivity index (χ1v) is 27.7. The molecule has 0 saturated heterocycles. The van der Waals surface area contributed by atoms with Crippen LogP contribution in [0.3, 0.4) is 0 Å². The minimum Gasteiger partial charge on any atom is -0.309 e. The summed E-state index contributed by atoms with van der Waals surface area (Å²) in [6.45, 7) is 0. The largest absolute Gasteiger partial charge is 0.309 e. The quantitative estimate of drug-likeness (QED) is 0.0956. The average Bonchev–Trinajstić information content (AvgIpc) is 0.763. The van der Waals surface area contributed by atoms with Gasteiger partial charge in [0.2, 0.25) is 5.95 Å². The van der Waals surface area contributed by atoms with Gasteiger partial charge in [-0.3, -0.25) is 9.13 Å². The minimum absolute atomic E-state index is 0.396. The fraction of sp³-hybridized carbons (Fsp3) is 0. The molecule has 0 saturated carbocycles. The lowest BCUT2D eigenvalue weighted by molar-refractivity contribution is 0.952. The molecule has 13 aromatic carbocycles. The van der Waals surface area contributed by atoms with Gasteiger partial charge in [0.25, 0.3) is 0 Å². The van der Waals surface area contributed by atoms with E-state index in [1.807, 2.05) is 0 Å². The number of hydrogen-bond acceptors (Lipinski definition) is 2. The Balaban J connectivity index is 1.22. The Bertz CT molecular complexity index is 8610. The number of hydrogen-bond donors (Lipinski definition) is 0. The SMILES string of the molecule is [2H]c1c([2H])c([2H])c(-c2c([2H])c([2H])c([2H])c([Si](c3c([2H])c([2H])c([2H])c([2H])c3[2H])(c3c([2H])c([2H])c([2H])c([2H])c3[2H])c3c([2H])c([2H])c([2H])c(-c4cc(-n5c6c([2H])c([2H])c([2H])c([2H])c6c6c([2H])c([2H])c([2H])c(-c7c([2H])c([2H])c([2H])c([2H])c7[2H])c65)nc(-n5c6c([2H])c([2H])c(-n7c8c([2H])c([2H])c([2H])c([2H])c8c8c([2H])c([2H])c([2H])c([2H])c87)c([2H])c6c6c([2H])c([2H])c([2H])c(-c7c([2H])c([2H])c([2H])c([2H])c7[2H])c65)n4)c3[2H])c2[2H])c([2H])c1[2H]. The lowest BCUT2D eigenvalue weighted by atomic mass is 10.0. The van der Waals surface area contributed by atoms with Crippen LogP contribution >= 0.6 is 0 Å². The van der Waals surface area contributed by atoms with E-state index in [1.165, 1.54) is 0 Å². The van der Waals surface area contributed by atoms with Gasteiger partial charge in [-0.15, -0.1) is 0 Å². The number of aromatic nitrogens is 5. The molecule has 0 aliphatic carbocycles. The highest BCUT2D eigenvalue weighted by Crippen LogP contribution is 2.43. The predicted octanol–water partition coefficient (Wildman–Crippen LogP) is 17.8. The molecule has 0 bridgehead atoms. The van der Waals surface area contributed by atoms with Crippen LogP contribution in [0.4, 0.5) is 0 Å². The number of para-hydroxylation sites is 5. The summed E-state index contributed by atoms with van der Waals surface area (Å²) < 4.78 is 521. The van der Waals surface area contributed by atoms with Crippen LogP contribution in [-0.4, -0.2) is 31.7 Å². The topological polar surface area (TPSA) is 40.6 Å². The Kier molecular flexibility index (Phi) is 4.85. The molecule has 17 rings (SSSR count). The van der Waals surface area contributed by atoms with E-state index < -0.39 is 483 Å². The Morgan fingerprint density at radius 3 is 1.24 bits per heavy atom. The molecule has 88 heavy (non-hydrogen) atoms. The summed E-state index contributed by atoms with van der Waals surface area (Å²) in [5.41, 5.74) is -17.4. The Hall–Kier alpha value is -11.4. The summed E-state index contributed by atoms with van der Waals surface area (Å²) in [5.74, 6) is -2.82. The Morgan fingerprint density at radius 1 is 0.273 bits per heavy atom. The highest BCUT2D eigenvalue weighted by molar-refractivity contribution is 7.20. The average molecular weight is 1190 g/mol. The maximum Gasteiger partial charge on any atom is 0.237 e. The van der Waals surface area contributed by atoms with Gasteiger partial charge in [-0.25, -0.2) is 4.98 Å². The second-order valence-corrected chi connectivity index (χ2v) is 22.2. The first kappa shape index (κ1) is 20.3. The van der Waals surface area contributed by atoms with E-state index >= 15 is 0 Å². The summed E-state index contributed by atoms with van der Waals surface area (Å²) in [4.78, 5) is 9.79. The summed E-state index contributed by atoms with van der Waals surface area (Å²) in [6, 6.07) is -71.6. The van der Waals surface area contributed by atoms with Gasteiger partial charge in [-0.2, -0.15) is 4.98 Å². The lowest BCUT2D eigenvalue weighted by Gasteiger charge is -2.35. The molecule has 17 aromatic rings. The molecular formula is C82H55N5Si. The molecule has 0 N–H and O–H groups in total. The molecule has 0 amide bonds. The van der Waals surface area contributed by atoms with Crippen molar-refractivity contribution >= 4 is 94.2 Å². The fourth-order valence-electron chi connectivity index (χ4n) is 10.6. The van der Waals surface area contributed by atoms with E-state index in [0.717, 1.165) is 0 Å². The van der Waals surface area contributed by atoms with Crippen molar-refractivity contribution in [2.45, 2.75) is 0 Å². The molecule has 0 aliphatic rings. The van der Waals surface area contributed by atoms with Crippen molar-refractivity contribution in [2.75, 3.05) is 0 Å². The van der Waals surface area contributed by atoms with Crippen molar-refractivity contribution < 1.29 is 74.0 Å². The normalized spacial score (nSPS) is 20.5. The van der Waals surface area contributed by atoms with Crippen molar-refractivity contribution in [3.8, 4) is 62.1 Å². The smallest absolute Gasteiger partial charge is 0.237 e. The number of fused-ring (bicyclic) bond motifs is 9. The monoisotopic (exact) mass is 1190 g/mol. The highest BCUT2D eigenvalue weighted by atomic mass is 28.3. The predicted molar refractivity (Wildman–Crippen MR) is 370 cm³/mol. The first-order chi connectivity index (χ1) is 66.1. The third kappa shape index (κ3) is 8.14. The van der Waals surface area contributed by atoms with Gasteiger partial charge in [0.1, 0.15) is 5.82 Å². The van der Waals surface area contributed by atoms with E-state index in [0.29, 0.717) is 19.8 Å². The van der Waals surface area contributed by atoms with Crippen LogP contribution in [0.25, 0.3) is 128 Å². The van der Waals surface area contributed by atoms with Crippen LogP contribution in [0.1, 0.15) is 74.0 Å². The third-order valence-electron chi connectivity index (χ3n) is 14.2. The molecule has 0 spiro atoms. The van der Waals surface area contributed by atoms with Crippen molar-refractivity contribution in [1.82, 2.24) is 23.7 Å². The molecule has 0 fully saturated rings. The molecule has 4 aromatic heterocycles. The molecule has 0 atom stereocenters. The van der Waals surface area contributed by atoms with Gasteiger partial charge < -0.3 is 4.57 Å². The van der Waals surface area contributed by atoms with Gasteiger partial charge in [-0.1, -0.05) is 290 Å². The number of rotatable bonds is 11. The van der Waals surface area contributed by atoms with E-state index in [9.17, 15) is 53.5 Å². The van der Waals surface area contributed by atoms with E-state index in [2.05, 4.69) is 0 Å². The molecule has 5 nitrogen and oxygen atoms in total. The molecule has 6 heteroatoms. The standard InChI is InChI=1S/C82H55N5Si/c1-6-26-56(27-7-1)59-32-22-38-64(52-59)88(62-34-12-4-13-35-62,63-36-14-5-15-37-63)65-39-23-33-60(53-65)74-55-79(86-77-49-21-18-42-70(77)71-45-24-43-66(80(71)86)57-28-8-2-9-29-57)84-82(83-74)87-78-51-50-61(85-75-47-19-16-40-68(75)69-41-17-20-48-76(69)85)54-73(78)72-46-25-44-67(81(72)87)58-30-10-3-11-31-58/h1-55H/i1D,2D,3D,4D,5D,6D,7D,8D,9D,10D,11D,12D,13D,14D,15D,16D,17D,18D,19D,20D,21D,22D,23D,24D,25D,26D,27D,28D,29D,30D,31D,32D,33D,34D,35D,36D,37D,38D,39D,40D,41D,42D,43D,44D,45D,46D,47D,48D,49D,50D,51D,52D,53D,54D. The van der Waals surface area contributed by atoms with Gasteiger partial charge >= 0.3 is 0 Å². The second kappa shape index (κ2) is 21.0. The third-order valence-corrected chi connectivity index (χ3v) is 18.2. The lowest BCUT2D eigenvalue weighted by Crippen LogP contribution is -2.74.